The zero-order valence-corrected chi connectivity index (χ0v) is 12.0. The zero-order chi connectivity index (χ0) is 15.8. The van der Waals surface area contributed by atoms with Crippen LogP contribution in [0.4, 0.5) is 0 Å². The van der Waals surface area contributed by atoms with Crippen LogP contribution in [0, 0.1) is 5.92 Å². The molecule has 0 aromatic heterocycles. The van der Waals surface area contributed by atoms with E-state index in [4.69, 9.17) is 4.74 Å². The molecular weight excluding hydrogens is 280 g/mol. The fraction of sp³-hybridized carbons (Fsp3) is 0.571. The average Bonchev–Trinajstić information content (AvgIpc) is 2.81. The molecule has 0 spiro atoms. The van der Waals surface area contributed by atoms with Gasteiger partial charge in [-0.2, -0.15) is 0 Å². The highest BCUT2D eigenvalue weighted by Crippen LogP contribution is 2.17. The van der Waals surface area contributed by atoms with E-state index in [0.717, 1.165) is 12.2 Å². The van der Waals surface area contributed by atoms with E-state index in [2.05, 4.69) is 9.47 Å². The van der Waals surface area contributed by atoms with Crippen molar-refractivity contribution in [2.75, 3.05) is 6.79 Å². The Morgan fingerprint density at radius 1 is 1.19 bits per heavy atom. The van der Waals surface area contributed by atoms with Gasteiger partial charge in [0.25, 0.3) is 0 Å². The Bertz CT molecular complexity index is 450. The van der Waals surface area contributed by atoms with Gasteiger partial charge in [-0.15, -0.1) is 0 Å². The molecule has 0 heterocycles. The van der Waals surface area contributed by atoms with E-state index in [1.807, 2.05) is 0 Å². The SMILES string of the molecule is CC(C)C(=O)OCOC(=O)/C=C/C(=O)OC1CCCC1=O. The van der Waals surface area contributed by atoms with Gasteiger partial charge in [-0.1, -0.05) is 13.8 Å². The van der Waals surface area contributed by atoms with Crippen molar-refractivity contribution in [1.82, 2.24) is 0 Å². The Hall–Kier alpha value is -2.18. The number of ketones is 1. The van der Waals surface area contributed by atoms with E-state index < -0.39 is 30.8 Å². The number of rotatable bonds is 6. The molecule has 1 aliphatic carbocycles. The van der Waals surface area contributed by atoms with E-state index in [-0.39, 0.29) is 11.7 Å². The first-order chi connectivity index (χ1) is 9.90. The molecule has 0 bridgehead atoms. The Morgan fingerprint density at radius 2 is 1.86 bits per heavy atom. The van der Waals surface area contributed by atoms with Crippen molar-refractivity contribution in [2.45, 2.75) is 39.2 Å². The summed E-state index contributed by atoms with van der Waals surface area (Å²) < 4.78 is 14.1. The molecule has 7 heteroatoms. The second kappa shape index (κ2) is 8.18. The van der Waals surface area contributed by atoms with E-state index in [1.165, 1.54) is 0 Å². The molecule has 0 amide bonds. The Kier molecular flexibility index (Phi) is 6.58. The van der Waals surface area contributed by atoms with E-state index in [1.54, 1.807) is 13.8 Å². The Labute approximate surface area is 122 Å². The third kappa shape index (κ3) is 6.20. The summed E-state index contributed by atoms with van der Waals surface area (Å²) in [5.41, 5.74) is 0. The van der Waals surface area contributed by atoms with Crippen molar-refractivity contribution in [3.8, 4) is 0 Å². The van der Waals surface area contributed by atoms with Crippen molar-refractivity contribution in [2.24, 2.45) is 5.92 Å². The summed E-state index contributed by atoms with van der Waals surface area (Å²) in [6, 6.07) is 0. The Balaban J connectivity index is 2.25. The minimum absolute atomic E-state index is 0.111. The molecule has 0 aromatic rings. The molecule has 0 saturated heterocycles. The smallest absolute Gasteiger partial charge is 0.333 e. The van der Waals surface area contributed by atoms with E-state index in [0.29, 0.717) is 19.3 Å². The standard InChI is InChI=1S/C14H18O7/c1-9(2)14(18)20-8-19-12(16)6-7-13(17)21-11-5-3-4-10(11)15/h6-7,9,11H,3-5,8H2,1-2H3/b7-6+. The number of hydrogen-bond acceptors (Lipinski definition) is 7. The van der Waals surface area contributed by atoms with Crippen LogP contribution in [0.3, 0.4) is 0 Å². The van der Waals surface area contributed by atoms with Gasteiger partial charge in [-0.3, -0.25) is 9.59 Å². The second-order valence-electron chi connectivity index (χ2n) is 4.82. The molecule has 0 aliphatic heterocycles. The minimum atomic E-state index is -0.846. The highest BCUT2D eigenvalue weighted by atomic mass is 16.7. The monoisotopic (exact) mass is 298 g/mol. The van der Waals surface area contributed by atoms with Gasteiger partial charge >= 0.3 is 17.9 Å². The van der Waals surface area contributed by atoms with Gasteiger partial charge in [0.05, 0.1) is 5.92 Å². The summed E-state index contributed by atoms with van der Waals surface area (Å²) in [4.78, 5) is 44.9. The van der Waals surface area contributed by atoms with Crippen molar-refractivity contribution in [3.63, 3.8) is 0 Å². The first kappa shape index (κ1) is 16.9. The van der Waals surface area contributed by atoms with Crippen LogP contribution < -0.4 is 0 Å². The molecule has 0 radical (unpaired) electrons. The van der Waals surface area contributed by atoms with Gasteiger partial charge in [0.2, 0.25) is 6.79 Å². The summed E-state index contributed by atoms with van der Waals surface area (Å²) in [5.74, 6) is -2.56. The molecule has 1 fully saturated rings. The second-order valence-corrected chi connectivity index (χ2v) is 4.82. The molecule has 0 aromatic carbocycles. The predicted molar refractivity (Wildman–Crippen MR) is 69.8 cm³/mol. The maximum Gasteiger partial charge on any atom is 0.333 e. The van der Waals surface area contributed by atoms with Crippen LogP contribution in [-0.2, 0) is 33.4 Å². The van der Waals surface area contributed by atoms with Gasteiger partial charge in [0.1, 0.15) is 0 Å². The third-order valence-electron chi connectivity index (χ3n) is 2.74. The topological polar surface area (TPSA) is 96.0 Å². The molecule has 1 atom stereocenters. The summed E-state index contributed by atoms with van der Waals surface area (Å²) in [6.45, 7) is 2.77. The molecule has 1 unspecified atom stereocenters. The molecule has 0 N–H and O–H groups in total. The lowest BCUT2D eigenvalue weighted by Gasteiger charge is -2.07. The van der Waals surface area contributed by atoms with E-state index in [9.17, 15) is 19.2 Å². The van der Waals surface area contributed by atoms with Crippen LogP contribution in [0.25, 0.3) is 0 Å². The van der Waals surface area contributed by atoms with Gasteiger partial charge < -0.3 is 14.2 Å². The molecule has 1 aliphatic rings. The number of ether oxygens (including phenoxy) is 3. The molecule has 116 valence electrons. The van der Waals surface area contributed by atoms with Crippen LogP contribution in [0.1, 0.15) is 33.1 Å². The van der Waals surface area contributed by atoms with Gasteiger partial charge in [0.15, 0.2) is 11.9 Å². The fourth-order valence-electron chi connectivity index (χ4n) is 1.58. The summed E-state index contributed by atoms with van der Waals surface area (Å²) in [7, 11) is 0. The third-order valence-corrected chi connectivity index (χ3v) is 2.74. The molecule has 7 nitrogen and oxygen atoms in total. The molecule has 1 saturated carbocycles. The van der Waals surface area contributed by atoms with Gasteiger partial charge in [-0.05, 0) is 12.8 Å². The number of carbonyl (C=O) groups is 4. The van der Waals surface area contributed by atoms with Crippen molar-refractivity contribution >= 4 is 23.7 Å². The first-order valence-electron chi connectivity index (χ1n) is 6.65. The summed E-state index contributed by atoms with van der Waals surface area (Å²) >= 11 is 0. The average molecular weight is 298 g/mol. The maximum absolute atomic E-state index is 11.4. The van der Waals surface area contributed by atoms with Crippen LogP contribution in [0.15, 0.2) is 12.2 Å². The summed E-state index contributed by atoms with van der Waals surface area (Å²) in [5, 5.41) is 0. The number of hydrogen-bond donors (Lipinski definition) is 0. The maximum atomic E-state index is 11.4. The lowest BCUT2D eigenvalue weighted by atomic mass is 10.2. The van der Waals surface area contributed by atoms with Crippen molar-refractivity contribution in [1.29, 1.82) is 0 Å². The van der Waals surface area contributed by atoms with Crippen LogP contribution in [-0.4, -0.2) is 36.6 Å². The highest BCUT2D eigenvalue weighted by molar-refractivity contribution is 5.94. The van der Waals surface area contributed by atoms with Gasteiger partial charge in [-0.25, -0.2) is 9.59 Å². The number of esters is 3. The molecule has 21 heavy (non-hydrogen) atoms. The predicted octanol–water partition coefficient (Wildman–Crippen LogP) is 0.907. The number of Topliss-reactive ketones (excluding diaryl/α,β-unsaturated/α-hetero) is 1. The lowest BCUT2D eigenvalue weighted by molar-refractivity contribution is -0.166. The lowest BCUT2D eigenvalue weighted by Crippen LogP contribution is -2.21. The zero-order valence-electron chi connectivity index (χ0n) is 12.0. The van der Waals surface area contributed by atoms with Crippen molar-refractivity contribution in [3.05, 3.63) is 12.2 Å². The van der Waals surface area contributed by atoms with Gasteiger partial charge in [0, 0.05) is 18.6 Å². The Morgan fingerprint density at radius 3 is 2.43 bits per heavy atom. The molecular formula is C14H18O7. The van der Waals surface area contributed by atoms with Crippen molar-refractivity contribution < 1.29 is 33.4 Å². The van der Waals surface area contributed by atoms with Crippen LogP contribution in [0.2, 0.25) is 0 Å². The largest absolute Gasteiger partial charge is 0.451 e. The normalized spacial score (nSPS) is 18.0. The molecule has 1 rings (SSSR count). The van der Waals surface area contributed by atoms with E-state index >= 15 is 0 Å². The fourth-order valence-corrected chi connectivity index (χ4v) is 1.58. The first-order valence-corrected chi connectivity index (χ1v) is 6.65. The highest BCUT2D eigenvalue weighted by Gasteiger charge is 2.27. The number of carbonyl (C=O) groups excluding carboxylic acids is 4. The quantitative estimate of drug-likeness (QED) is 0.408. The van der Waals surface area contributed by atoms with Crippen LogP contribution in [0.5, 0.6) is 0 Å². The van der Waals surface area contributed by atoms with Crippen LogP contribution >= 0.6 is 0 Å². The minimum Gasteiger partial charge on any atom is -0.451 e. The summed E-state index contributed by atoms with van der Waals surface area (Å²) in [6.07, 6.45) is 2.62.